The highest BCUT2D eigenvalue weighted by Crippen LogP contribution is 2.58. The van der Waals surface area contributed by atoms with Crippen molar-refractivity contribution < 1.29 is 38.3 Å². The highest BCUT2D eigenvalue weighted by atomic mass is 31.2. The number of rotatable bonds is 6. The predicted octanol–water partition coefficient (Wildman–Crippen LogP) is 0.142. The first kappa shape index (κ1) is 20.5. The molecule has 0 amide bonds. The zero-order valence-corrected chi connectivity index (χ0v) is 16.8. The zero-order valence-electron chi connectivity index (χ0n) is 15.9. The number of anilines is 1. The van der Waals surface area contributed by atoms with Gasteiger partial charge in [0.05, 0.1) is 18.5 Å². The number of imidazole rings is 1. The summed E-state index contributed by atoms with van der Waals surface area (Å²) in [5, 5.41) is 22.8. The van der Waals surface area contributed by atoms with E-state index in [1.807, 2.05) is 0 Å². The van der Waals surface area contributed by atoms with Crippen LogP contribution in [0.5, 0.6) is 0 Å². The van der Waals surface area contributed by atoms with Crippen LogP contribution in [0, 0.1) is 10.1 Å². The lowest BCUT2D eigenvalue weighted by molar-refractivity contribution is -0.759. The summed E-state index contributed by atoms with van der Waals surface area (Å²) in [6, 6.07) is -0.161. The van der Waals surface area contributed by atoms with Crippen molar-refractivity contribution >= 4 is 24.8 Å². The van der Waals surface area contributed by atoms with Crippen LogP contribution < -0.4 is 5.32 Å². The Labute approximate surface area is 174 Å². The Kier molecular flexibility index (Phi) is 5.03. The number of hydrogen-bond acceptors (Lipinski definition) is 12. The SMILES string of the molecule is O=[N+]([O-])OC[C@H]1O[C@@H](n2cnc3c(NC4CCC[C@H]4O)ncnc32)[C@@H]2OP(=O)(O)O[C@@H]21. The molecule has 4 heterocycles. The van der Waals surface area contributed by atoms with E-state index in [-0.39, 0.29) is 6.04 Å². The zero-order chi connectivity index (χ0) is 21.8. The molecule has 5 rings (SSSR count). The summed E-state index contributed by atoms with van der Waals surface area (Å²) in [5.74, 6) is 0.425. The minimum absolute atomic E-state index is 0.161. The van der Waals surface area contributed by atoms with Gasteiger partial charge in [0.2, 0.25) is 0 Å². The van der Waals surface area contributed by atoms with Crippen molar-refractivity contribution in [3.8, 4) is 0 Å². The standard InChI is InChI=1S/C15H19N6O9P/c22-8-3-1-2-7(8)19-13-10-14(17-5-16-13)20(6-18-10)15-12-11(29-31(25,26)30-12)9(28-15)4-27-21(23)24/h5-9,11-12,15,22H,1-4H2,(H,25,26)(H,16,17,19)/t7?,8-,9-,11-,12-,15-/m1/s1. The molecule has 2 aromatic rings. The molecule has 16 heteroatoms. The Balaban J connectivity index is 1.45. The second-order valence-electron chi connectivity index (χ2n) is 7.49. The van der Waals surface area contributed by atoms with Gasteiger partial charge in [-0.25, -0.2) is 19.5 Å². The van der Waals surface area contributed by atoms with E-state index in [1.165, 1.54) is 17.2 Å². The van der Waals surface area contributed by atoms with Crippen molar-refractivity contribution in [1.82, 2.24) is 19.5 Å². The molecule has 3 fully saturated rings. The molecule has 3 aliphatic rings. The van der Waals surface area contributed by atoms with Crippen LogP contribution in [0.2, 0.25) is 0 Å². The minimum Gasteiger partial charge on any atom is -0.391 e. The predicted molar refractivity (Wildman–Crippen MR) is 99.0 cm³/mol. The fourth-order valence-electron chi connectivity index (χ4n) is 4.20. The Bertz CT molecular complexity index is 1050. The summed E-state index contributed by atoms with van der Waals surface area (Å²) < 4.78 is 29.4. The van der Waals surface area contributed by atoms with E-state index >= 15 is 0 Å². The van der Waals surface area contributed by atoms with Gasteiger partial charge in [-0.3, -0.25) is 13.6 Å². The lowest BCUT2D eigenvalue weighted by Crippen LogP contribution is -2.32. The van der Waals surface area contributed by atoms with E-state index in [4.69, 9.17) is 13.8 Å². The number of aliphatic hydroxyl groups excluding tert-OH is 1. The molecule has 1 saturated carbocycles. The quantitative estimate of drug-likeness (QED) is 0.301. The third kappa shape index (κ3) is 3.73. The number of aliphatic hydroxyl groups is 1. The van der Waals surface area contributed by atoms with E-state index in [2.05, 4.69) is 25.1 Å². The number of fused-ring (bicyclic) bond motifs is 2. The van der Waals surface area contributed by atoms with Crippen LogP contribution in [-0.2, 0) is 23.2 Å². The third-order valence-corrected chi connectivity index (χ3v) is 6.59. The summed E-state index contributed by atoms with van der Waals surface area (Å²) >= 11 is 0. The van der Waals surface area contributed by atoms with Gasteiger partial charge in [0.1, 0.15) is 31.2 Å². The fourth-order valence-corrected chi connectivity index (χ4v) is 5.35. The molecule has 2 aromatic heterocycles. The lowest BCUT2D eigenvalue weighted by atomic mass is 10.1. The Morgan fingerprint density at radius 2 is 2.13 bits per heavy atom. The number of nitrogens with one attached hydrogen (secondary N) is 1. The average Bonchev–Trinajstić information content (AvgIpc) is 3.44. The van der Waals surface area contributed by atoms with Crippen LogP contribution in [0.25, 0.3) is 11.2 Å². The number of ether oxygens (including phenoxy) is 1. The van der Waals surface area contributed by atoms with Gasteiger partial charge >= 0.3 is 7.82 Å². The van der Waals surface area contributed by atoms with Gasteiger partial charge in [-0.05, 0) is 19.3 Å². The van der Waals surface area contributed by atoms with Crippen LogP contribution in [0.4, 0.5) is 5.82 Å². The van der Waals surface area contributed by atoms with Crippen molar-refractivity contribution in [3.05, 3.63) is 22.8 Å². The number of phosphoric ester groups is 1. The summed E-state index contributed by atoms with van der Waals surface area (Å²) in [5.41, 5.74) is 0.741. The smallest absolute Gasteiger partial charge is 0.391 e. The topological polar surface area (TPSA) is 193 Å². The Morgan fingerprint density at radius 3 is 2.87 bits per heavy atom. The lowest BCUT2D eigenvalue weighted by Gasteiger charge is -2.19. The Morgan fingerprint density at radius 1 is 1.32 bits per heavy atom. The largest absolute Gasteiger partial charge is 0.473 e. The summed E-state index contributed by atoms with van der Waals surface area (Å²) in [4.78, 5) is 37.4. The van der Waals surface area contributed by atoms with Crippen molar-refractivity contribution in [1.29, 1.82) is 0 Å². The van der Waals surface area contributed by atoms with Gasteiger partial charge in [0, 0.05) is 0 Å². The maximum atomic E-state index is 12.0. The number of aromatic nitrogens is 4. The molecule has 0 spiro atoms. The maximum Gasteiger partial charge on any atom is 0.473 e. The first-order valence-corrected chi connectivity index (χ1v) is 11.1. The molecular formula is C15H19N6O9P. The van der Waals surface area contributed by atoms with Crippen molar-refractivity contribution in [2.24, 2.45) is 0 Å². The van der Waals surface area contributed by atoms with E-state index < -0.39 is 50.2 Å². The normalized spacial score (nSPS) is 37.2. The molecule has 2 aliphatic heterocycles. The molecule has 7 atom stereocenters. The van der Waals surface area contributed by atoms with Crippen LogP contribution in [-0.4, -0.2) is 71.7 Å². The fraction of sp³-hybridized carbons (Fsp3) is 0.667. The van der Waals surface area contributed by atoms with Crippen molar-refractivity contribution in [2.75, 3.05) is 11.9 Å². The van der Waals surface area contributed by atoms with E-state index in [0.717, 1.165) is 12.8 Å². The van der Waals surface area contributed by atoms with E-state index in [9.17, 15) is 24.7 Å². The van der Waals surface area contributed by atoms with Gasteiger partial charge in [-0.15, -0.1) is 10.1 Å². The van der Waals surface area contributed by atoms with Crippen molar-refractivity contribution in [2.45, 2.75) is 55.9 Å². The second kappa shape index (κ2) is 7.62. The van der Waals surface area contributed by atoms with Crippen molar-refractivity contribution in [3.63, 3.8) is 0 Å². The molecule has 0 aromatic carbocycles. The van der Waals surface area contributed by atoms with Gasteiger partial charge in [0.25, 0.3) is 5.09 Å². The van der Waals surface area contributed by atoms with Crippen LogP contribution in [0.3, 0.4) is 0 Å². The first-order valence-electron chi connectivity index (χ1n) is 9.57. The third-order valence-electron chi connectivity index (χ3n) is 5.57. The molecule has 2 saturated heterocycles. The second-order valence-corrected chi connectivity index (χ2v) is 8.85. The molecule has 0 bridgehead atoms. The molecule has 0 radical (unpaired) electrons. The highest BCUT2D eigenvalue weighted by Gasteiger charge is 2.58. The summed E-state index contributed by atoms with van der Waals surface area (Å²) in [6.07, 6.45) is 0.465. The van der Waals surface area contributed by atoms with E-state index in [1.54, 1.807) is 0 Å². The highest BCUT2D eigenvalue weighted by molar-refractivity contribution is 7.47. The average molecular weight is 458 g/mol. The van der Waals surface area contributed by atoms with E-state index in [0.29, 0.717) is 23.4 Å². The monoisotopic (exact) mass is 458 g/mol. The number of nitrogens with zero attached hydrogens (tertiary/aromatic N) is 5. The van der Waals surface area contributed by atoms with Gasteiger partial charge < -0.3 is 24.9 Å². The maximum absolute atomic E-state index is 12.0. The van der Waals surface area contributed by atoms with Crippen LogP contribution in [0.1, 0.15) is 25.5 Å². The van der Waals surface area contributed by atoms with Gasteiger partial charge in [0.15, 0.2) is 23.2 Å². The molecule has 3 N–H and O–H groups in total. The van der Waals surface area contributed by atoms with Crippen LogP contribution >= 0.6 is 7.82 Å². The van der Waals surface area contributed by atoms with Gasteiger partial charge in [-0.1, -0.05) is 0 Å². The van der Waals surface area contributed by atoms with Crippen LogP contribution in [0.15, 0.2) is 12.7 Å². The van der Waals surface area contributed by atoms with Gasteiger partial charge in [-0.2, -0.15) is 0 Å². The molecule has 1 aliphatic carbocycles. The minimum atomic E-state index is -4.35. The Hall–Kier alpha value is -2.42. The summed E-state index contributed by atoms with van der Waals surface area (Å²) in [7, 11) is -4.35. The number of phosphoric acid groups is 1. The molecule has 168 valence electrons. The first-order chi connectivity index (χ1) is 14.8. The molecule has 2 unspecified atom stereocenters. The molecular weight excluding hydrogens is 439 g/mol. The molecule has 15 nitrogen and oxygen atoms in total. The molecule has 31 heavy (non-hydrogen) atoms. The number of hydrogen-bond donors (Lipinski definition) is 3. The summed E-state index contributed by atoms with van der Waals surface area (Å²) in [6.45, 7) is -0.512.